The van der Waals surface area contributed by atoms with Gasteiger partial charge in [-0.3, -0.25) is 4.79 Å². The number of unbranched alkanes of at least 4 members (excludes halogenated alkanes) is 1. The van der Waals surface area contributed by atoms with Gasteiger partial charge in [-0.1, -0.05) is 42.5 Å². The monoisotopic (exact) mass is 643 g/mol. The first-order valence-corrected chi connectivity index (χ1v) is 16.4. The van der Waals surface area contributed by atoms with Crippen molar-refractivity contribution in [2.45, 2.75) is 49.0 Å². The van der Waals surface area contributed by atoms with E-state index in [4.69, 9.17) is 9.47 Å². The zero-order valence-electron chi connectivity index (χ0n) is 25.8. The molecule has 1 fully saturated rings. The minimum absolute atomic E-state index is 0.0188. The van der Waals surface area contributed by atoms with Crippen molar-refractivity contribution in [3.8, 4) is 17.2 Å². The summed E-state index contributed by atoms with van der Waals surface area (Å²) in [4.78, 5) is 13.5. The lowest BCUT2D eigenvalue weighted by Crippen LogP contribution is -2.53. The molecule has 1 saturated heterocycles. The molecule has 1 aliphatic rings. The third-order valence-corrected chi connectivity index (χ3v) is 9.92. The number of ether oxygens (including phenoxy) is 2. The molecule has 1 amide bonds. The number of sulfonamides is 1. The molecule has 0 bridgehead atoms. The molecule has 244 valence electrons. The molecule has 4 N–H and O–H groups in total. The van der Waals surface area contributed by atoms with Crippen LogP contribution in [0.15, 0.2) is 71.6 Å². The zero-order valence-corrected chi connectivity index (χ0v) is 26.6. The Balaban J connectivity index is 1.58. The van der Waals surface area contributed by atoms with E-state index in [2.05, 4.69) is 10.0 Å². The summed E-state index contributed by atoms with van der Waals surface area (Å²) in [5, 5.41) is 24.4. The molecule has 0 aromatic heterocycles. The number of phenolic OH excluding ortho intramolecular Hbond substituents is 2. The Kier molecular flexibility index (Phi) is 11.4. The highest BCUT2D eigenvalue weighted by Crippen LogP contribution is 2.42. The zero-order chi connectivity index (χ0) is 32.6. The van der Waals surface area contributed by atoms with Crippen LogP contribution in [-0.2, 0) is 25.0 Å². The summed E-state index contributed by atoms with van der Waals surface area (Å²) in [6.07, 6.45) is 2.19. The number of rotatable bonds is 14. The van der Waals surface area contributed by atoms with Crippen molar-refractivity contribution in [3.05, 3.63) is 83.4 Å². The van der Waals surface area contributed by atoms with Gasteiger partial charge in [0, 0.05) is 56.4 Å². The van der Waals surface area contributed by atoms with E-state index in [0.717, 1.165) is 24.0 Å². The van der Waals surface area contributed by atoms with Gasteiger partial charge in [0.1, 0.15) is 5.75 Å². The van der Waals surface area contributed by atoms with Crippen LogP contribution < -0.4 is 14.8 Å². The van der Waals surface area contributed by atoms with Crippen LogP contribution in [0, 0.1) is 12.8 Å². The van der Waals surface area contributed by atoms with Crippen molar-refractivity contribution in [1.82, 2.24) is 15.2 Å². The van der Waals surface area contributed by atoms with E-state index in [-0.39, 0.29) is 48.2 Å². The topological polar surface area (TPSA) is 137 Å². The summed E-state index contributed by atoms with van der Waals surface area (Å²) in [6.45, 7) is 2.26. The second-order valence-electron chi connectivity index (χ2n) is 11.5. The quantitative estimate of drug-likeness (QED) is 0.152. The third-order valence-electron chi connectivity index (χ3n) is 8.41. The number of piperidine rings is 1. The number of para-hydroxylation sites is 1. The smallest absolute Gasteiger partial charge is 0.241 e. The SMILES string of the molecule is COCCCCC(CNC(=O)C1CC(NS(=O)(=O)c2ccc(O)c(OC)c2)CN(F)C1)(c1ccccc1C)c1ccccc1O. The normalized spacial score (nSPS) is 18.7. The Morgan fingerprint density at radius 1 is 1.00 bits per heavy atom. The molecular weight excluding hydrogens is 601 g/mol. The van der Waals surface area contributed by atoms with Crippen LogP contribution in [-0.4, -0.2) is 76.2 Å². The average molecular weight is 644 g/mol. The number of benzene rings is 3. The van der Waals surface area contributed by atoms with Crippen molar-refractivity contribution in [2.75, 3.05) is 40.5 Å². The van der Waals surface area contributed by atoms with Crippen molar-refractivity contribution in [2.24, 2.45) is 5.92 Å². The van der Waals surface area contributed by atoms with Crippen molar-refractivity contribution in [3.63, 3.8) is 0 Å². The van der Waals surface area contributed by atoms with E-state index in [9.17, 15) is 27.9 Å². The average Bonchev–Trinajstić information content (AvgIpc) is 3.01. The predicted octanol–water partition coefficient (Wildman–Crippen LogP) is 4.19. The van der Waals surface area contributed by atoms with E-state index >= 15 is 0 Å². The Bertz CT molecular complexity index is 1520. The fourth-order valence-electron chi connectivity index (χ4n) is 6.17. The lowest BCUT2D eigenvalue weighted by molar-refractivity contribution is -0.130. The Morgan fingerprint density at radius 2 is 1.71 bits per heavy atom. The number of methoxy groups -OCH3 is 2. The minimum atomic E-state index is -4.12. The number of hydrogen-bond donors (Lipinski definition) is 4. The van der Waals surface area contributed by atoms with E-state index in [0.29, 0.717) is 23.7 Å². The predicted molar refractivity (Wildman–Crippen MR) is 168 cm³/mol. The van der Waals surface area contributed by atoms with Gasteiger partial charge in [-0.25, -0.2) is 13.1 Å². The van der Waals surface area contributed by atoms with Crippen LogP contribution in [0.3, 0.4) is 0 Å². The van der Waals surface area contributed by atoms with Gasteiger partial charge in [-0.2, -0.15) is 0 Å². The summed E-state index contributed by atoms with van der Waals surface area (Å²) in [5.74, 6) is -1.40. The Morgan fingerprint density at radius 3 is 2.40 bits per heavy atom. The highest BCUT2D eigenvalue weighted by molar-refractivity contribution is 7.89. The van der Waals surface area contributed by atoms with E-state index in [1.807, 2.05) is 43.3 Å². The molecule has 1 aliphatic heterocycles. The fourth-order valence-corrected chi connectivity index (χ4v) is 7.43. The number of halogens is 1. The molecule has 1 heterocycles. The van der Waals surface area contributed by atoms with Crippen molar-refractivity contribution >= 4 is 15.9 Å². The molecule has 0 spiro atoms. The molecule has 3 aromatic rings. The number of amides is 1. The maximum atomic E-state index is 14.9. The lowest BCUT2D eigenvalue weighted by Gasteiger charge is -2.38. The van der Waals surface area contributed by atoms with Gasteiger partial charge in [0.15, 0.2) is 11.5 Å². The molecule has 10 nitrogen and oxygen atoms in total. The summed E-state index contributed by atoms with van der Waals surface area (Å²) < 4.78 is 53.9. The van der Waals surface area contributed by atoms with E-state index < -0.39 is 33.3 Å². The van der Waals surface area contributed by atoms with Crippen LogP contribution in [0.5, 0.6) is 17.2 Å². The summed E-state index contributed by atoms with van der Waals surface area (Å²) in [7, 11) is -1.17. The van der Waals surface area contributed by atoms with Crippen LogP contribution in [0.4, 0.5) is 4.48 Å². The lowest BCUT2D eigenvalue weighted by atomic mass is 9.69. The number of aryl methyl sites for hydroxylation is 1. The molecule has 4 rings (SSSR count). The number of carbonyl (C=O) groups excluding carboxylic acids is 1. The van der Waals surface area contributed by atoms with Gasteiger partial charge < -0.3 is 25.0 Å². The second-order valence-corrected chi connectivity index (χ2v) is 13.2. The number of phenols is 2. The number of aromatic hydroxyl groups is 2. The maximum absolute atomic E-state index is 14.9. The highest BCUT2D eigenvalue weighted by atomic mass is 32.2. The maximum Gasteiger partial charge on any atom is 0.241 e. The Hall–Kier alpha value is -3.71. The number of nitrogens with zero attached hydrogens (tertiary/aromatic N) is 1. The number of carbonyl (C=O) groups is 1. The van der Waals surface area contributed by atoms with Gasteiger partial charge in [-0.15, -0.1) is 9.60 Å². The van der Waals surface area contributed by atoms with Gasteiger partial charge in [0.2, 0.25) is 15.9 Å². The molecular formula is C33H42FN3O7S. The third kappa shape index (κ3) is 8.12. The molecule has 45 heavy (non-hydrogen) atoms. The first-order chi connectivity index (χ1) is 21.5. The van der Waals surface area contributed by atoms with E-state index in [1.165, 1.54) is 25.3 Å². The van der Waals surface area contributed by atoms with Crippen LogP contribution >= 0.6 is 0 Å². The molecule has 3 aromatic carbocycles. The first-order valence-electron chi connectivity index (χ1n) is 14.9. The molecule has 3 atom stereocenters. The number of hydrogen-bond acceptors (Lipinski definition) is 8. The van der Waals surface area contributed by atoms with Gasteiger partial charge >= 0.3 is 0 Å². The summed E-state index contributed by atoms with van der Waals surface area (Å²) in [6, 6.07) is 17.6. The van der Waals surface area contributed by atoms with Gasteiger partial charge in [-0.05, 0) is 61.9 Å². The summed E-state index contributed by atoms with van der Waals surface area (Å²) in [5.41, 5.74) is 1.82. The van der Waals surface area contributed by atoms with Crippen molar-refractivity contribution < 1.29 is 37.4 Å². The summed E-state index contributed by atoms with van der Waals surface area (Å²) >= 11 is 0. The molecule has 0 aliphatic carbocycles. The largest absolute Gasteiger partial charge is 0.508 e. The van der Waals surface area contributed by atoms with E-state index in [1.54, 1.807) is 19.2 Å². The Labute approximate surface area is 264 Å². The van der Waals surface area contributed by atoms with Crippen LogP contribution in [0.1, 0.15) is 42.4 Å². The molecule has 0 saturated carbocycles. The molecule has 3 unspecified atom stereocenters. The minimum Gasteiger partial charge on any atom is -0.508 e. The fraction of sp³-hybridized carbons (Fsp3) is 0.424. The highest BCUT2D eigenvalue weighted by Gasteiger charge is 2.40. The van der Waals surface area contributed by atoms with Gasteiger partial charge in [0.05, 0.1) is 17.9 Å². The van der Waals surface area contributed by atoms with Gasteiger partial charge in [0.25, 0.3) is 0 Å². The standard InChI is InChI=1S/C33H42FN3O7S/c1-23-10-4-5-11-27(23)33(16-8-9-17-43-2,28-12-6-7-13-29(28)38)22-35-32(40)24-18-25(21-37(34)20-24)36-45(41,42)26-14-15-30(39)31(19-26)44-3/h4-7,10-15,19,24-25,36,38-39H,8-9,16-18,20-22H2,1-3H3,(H,35,40). The molecule has 0 radical (unpaired) electrons. The number of nitrogens with one attached hydrogen (secondary N) is 2. The van der Waals surface area contributed by atoms with Crippen molar-refractivity contribution in [1.29, 1.82) is 0 Å². The first kappa shape index (κ1) is 34.2. The van der Waals surface area contributed by atoms with Crippen LogP contribution in [0.25, 0.3) is 0 Å². The molecule has 12 heteroatoms. The van der Waals surface area contributed by atoms with Crippen LogP contribution in [0.2, 0.25) is 0 Å². The second kappa shape index (κ2) is 15.0.